The molecular formula is C14H11N9O3. The highest BCUT2D eigenvalue weighted by atomic mass is 16.6. The van der Waals surface area contributed by atoms with Crippen molar-refractivity contribution in [2.75, 3.05) is 5.73 Å². The number of aromatic hydroxyl groups is 1. The lowest BCUT2D eigenvalue weighted by atomic mass is 10.2. The third-order valence-electron chi connectivity index (χ3n) is 3.69. The molecule has 0 unspecified atom stereocenters. The Labute approximate surface area is 144 Å². The van der Waals surface area contributed by atoms with Crippen LogP contribution in [0.15, 0.2) is 39.1 Å². The molecule has 4 N–H and O–H groups in total. The van der Waals surface area contributed by atoms with E-state index in [9.17, 15) is 9.90 Å². The Bertz CT molecular complexity index is 1150. The summed E-state index contributed by atoms with van der Waals surface area (Å²) in [6.07, 6.45) is 0. The maximum atomic E-state index is 12.3. The molecule has 130 valence electrons. The first kappa shape index (κ1) is 15.4. The highest BCUT2D eigenvalue weighted by molar-refractivity contribution is 5.96. The number of nitrogens with zero attached hydrogens (tertiary/aromatic N) is 7. The zero-order valence-corrected chi connectivity index (χ0v) is 13.3. The number of nitrogens with two attached hydrogens (primary N) is 1. The number of aromatic nitrogens is 6. The van der Waals surface area contributed by atoms with E-state index in [-0.39, 0.29) is 28.9 Å². The quantitative estimate of drug-likeness (QED) is 0.466. The Morgan fingerprint density at radius 3 is 2.92 bits per heavy atom. The summed E-state index contributed by atoms with van der Waals surface area (Å²) in [5, 5.41) is 32.7. The van der Waals surface area contributed by atoms with Crippen molar-refractivity contribution in [1.29, 1.82) is 0 Å². The molecule has 12 nitrogen and oxygen atoms in total. The summed E-state index contributed by atoms with van der Waals surface area (Å²) in [7, 11) is 0. The van der Waals surface area contributed by atoms with Crippen molar-refractivity contribution < 1.29 is 14.5 Å². The maximum Gasteiger partial charge on any atom is 0.317 e. The van der Waals surface area contributed by atoms with Crippen LogP contribution in [0.5, 0.6) is 5.88 Å². The summed E-state index contributed by atoms with van der Waals surface area (Å²) >= 11 is 0. The second-order valence-corrected chi connectivity index (χ2v) is 5.28. The molecule has 0 radical (unpaired) electrons. The largest absolute Gasteiger partial charge is 0.493 e. The Morgan fingerprint density at radius 2 is 2.15 bits per heavy atom. The van der Waals surface area contributed by atoms with E-state index in [1.165, 1.54) is 4.68 Å². The van der Waals surface area contributed by atoms with Crippen molar-refractivity contribution in [1.82, 2.24) is 30.3 Å². The molecule has 1 aromatic carbocycles. The molecule has 0 spiro atoms. The van der Waals surface area contributed by atoms with Gasteiger partial charge in [-0.1, -0.05) is 23.4 Å². The molecule has 0 fully saturated rings. The maximum absolute atomic E-state index is 12.3. The number of azo groups is 1. The average Bonchev–Trinajstić information content (AvgIpc) is 3.29. The number of hydrogen-bond acceptors (Lipinski definition) is 9. The van der Waals surface area contributed by atoms with Crippen LogP contribution in [0.4, 0.5) is 11.5 Å². The predicted molar refractivity (Wildman–Crippen MR) is 87.2 cm³/mol. The van der Waals surface area contributed by atoms with Gasteiger partial charge in [-0.25, -0.2) is 4.63 Å². The van der Waals surface area contributed by atoms with Crippen molar-refractivity contribution in [2.45, 2.75) is 6.92 Å². The molecular weight excluding hydrogens is 342 g/mol. The number of carbonyl (C=O) groups is 1. The average molecular weight is 353 g/mol. The van der Waals surface area contributed by atoms with E-state index in [1.807, 2.05) is 0 Å². The molecule has 0 aliphatic rings. The van der Waals surface area contributed by atoms with Crippen molar-refractivity contribution >= 4 is 28.3 Å². The number of benzene rings is 1. The number of nitrogen functional groups attached to an aromatic ring is 1. The topological polar surface area (TPSA) is 173 Å². The van der Waals surface area contributed by atoms with Crippen LogP contribution in [0.2, 0.25) is 0 Å². The van der Waals surface area contributed by atoms with Gasteiger partial charge in [0.15, 0.2) is 11.4 Å². The summed E-state index contributed by atoms with van der Waals surface area (Å²) in [4.78, 5) is 15.1. The van der Waals surface area contributed by atoms with E-state index in [2.05, 4.69) is 40.5 Å². The van der Waals surface area contributed by atoms with Crippen molar-refractivity contribution in [2.24, 2.45) is 10.2 Å². The third-order valence-corrected chi connectivity index (χ3v) is 3.69. The Hall–Kier alpha value is -4.09. The normalized spacial score (nSPS) is 11.6. The minimum Gasteiger partial charge on any atom is -0.493 e. The molecule has 0 bridgehead atoms. The first-order valence-electron chi connectivity index (χ1n) is 7.32. The highest BCUT2D eigenvalue weighted by Crippen LogP contribution is 2.35. The number of H-pyrrole nitrogens is 1. The Morgan fingerprint density at radius 1 is 1.35 bits per heavy atom. The summed E-state index contributed by atoms with van der Waals surface area (Å²) in [5.74, 6) is -0.819. The number of amides is 1. The minimum absolute atomic E-state index is 0.00217. The molecule has 0 saturated carbocycles. The second kappa shape index (κ2) is 5.77. The summed E-state index contributed by atoms with van der Waals surface area (Å²) < 4.78 is 5.71. The lowest BCUT2D eigenvalue weighted by Gasteiger charge is -1.97. The molecule has 3 aromatic heterocycles. The molecule has 12 heteroatoms. The van der Waals surface area contributed by atoms with Crippen LogP contribution < -0.4 is 5.73 Å². The van der Waals surface area contributed by atoms with Gasteiger partial charge in [-0.2, -0.15) is 4.68 Å². The predicted octanol–water partition coefficient (Wildman–Crippen LogP) is 1.65. The monoisotopic (exact) mass is 353 g/mol. The van der Waals surface area contributed by atoms with Crippen LogP contribution in [0.25, 0.3) is 16.7 Å². The molecule has 0 atom stereocenters. The molecule has 0 saturated heterocycles. The molecule has 4 rings (SSSR count). The first-order chi connectivity index (χ1) is 12.6. The highest BCUT2D eigenvalue weighted by Gasteiger charge is 2.21. The molecule has 1 amide bonds. The fourth-order valence-electron chi connectivity index (χ4n) is 2.42. The van der Waals surface area contributed by atoms with Crippen LogP contribution in [0, 0.1) is 6.92 Å². The van der Waals surface area contributed by atoms with Crippen LogP contribution in [0.3, 0.4) is 0 Å². The zero-order chi connectivity index (χ0) is 18.3. The Balaban J connectivity index is 1.67. The van der Waals surface area contributed by atoms with Gasteiger partial charge in [0.05, 0.1) is 11.2 Å². The number of nitrogens with one attached hydrogen (secondary N) is 1. The lowest BCUT2D eigenvalue weighted by Crippen LogP contribution is -2.04. The van der Waals surface area contributed by atoms with Crippen molar-refractivity contribution in [3.63, 3.8) is 0 Å². The molecule has 0 aliphatic heterocycles. The van der Waals surface area contributed by atoms with Gasteiger partial charge in [-0.15, -0.1) is 15.3 Å². The van der Waals surface area contributed by atoms with Crippen LogP contribution in [0.1, 0.15) is 16.2 Å². The molecule has 3 heterocycles. The van der Waals surface area contributed by atoms with Crippen LogP contribution >= 0.6 is 0 Å². The number of aromatic amines is 1. The van der Waals surface area contributed by atoms with Gasteiger partial charge in [-0.3, -0.25) is 4.79 Å². The summed E-state index contributed by atoms with van der Waals surface area (Å²) in [6.45, 7) is 1.58. The zero-order valence-electron chi connectivity index (χ0n) is 13.3. The van der Waals surface area contributed by atoms with Gasteiger partial charge in [-0.05, 0) is 23.3 Å². The first-order valence-corrected chi connectivity index (χ1v) is 7.32. The van der Waals surface area contributed by atoms with Crippen molar-refractivity contribution in [3.8, 4) is 11.7 Å². The summed E-state index contributed by atoms with van der Waals surface area (Å²) in [6, 6.07) is 7.09. The van der Waals surface area contributed by atoms with Crippen LogP contribution in [-0.2, 0) is 0 Å². The van der Waals surface area contributed by atoms with Gasteiger partial charge in [0.25, 0.3) is 0 Å². The van der Waals surface area contributed by atoms with Gasteiger partial charge < -0.3 is 15.8 Å². The Kier molecular flexibility index (Phi) is 3.42. The lowest BCUT2D eigenvalue weighted by molar-refractivity contribution is 0.0989. The van der Waals surface area contributed by atoms with Crippen LogP contribution in [-0.4, -0.2) is 41.3 Å². The van der Waals surface area contributed by atoms with Gasteiger partial charge >= 0.3 is 5.91 Å². The van der Waals surface area contributed by atoms with E-state index >= 15 is 0 Å². The number of rotatable bonds is 3. The fraction of sp³-hybridized carbons (Fsp3) is 0.0714. The standard InChI is InChI=1S/C14H11N9O3/c1-6-9(18-22-23(6)12-11(15)20-26-21-12)14(25)19-17-10-7-4-2-3-5-8(7)16-13(10)24/h2-5,16,24H,1H3,(H2,15,20). The van der Waals surface area contributed by atoms with Crippen molar-refractivity contribution in [3.05, 3.63) is 35.7 Å². The fourth-order valence-corrected chi connectivity index (χ4v) is 2.42. The van der Waals surface area contributed by atoms with E-state index in [4.69, 9.17) is 5.73 Å². The van der Waals surface area contributed by atoms with E-state index in [0.717, 1.165) is 0 Å². The number of anilines is 1. The third kappa shape index (κ3) is 2.36. The SMILES string of the molecule is Cc1c(C(=O)N=Nc2c(O)[nH]c3ccccc23)nnn1-c1nonc1N. The van der Waals surface area contributed by atoms with Gasteiger partial charge in [0, 0.05) is 5.39 Å². The molecule has 26 heavy (non-hydrogen) atoms. The molecule has 0 aliphatic carbocycles. The van der Waals surface area contributed by atoms with Gasteiger partial charge in [0.2, 0.25) is 17.5 Å². The number of carbonyl (C=O) groups excluding carboxylic acids is 1. The smallest absolute Gasteiger partial charge is 0.317 e. The van der Waals surface area contributed by atoms with E-state index in [0.29, 0.717) is 16.6 Å². The van der Waals surface area contributed by atoms with Gasteiger partial charge in [0.1, 0.15) is 0 Å². The minimum atomic E-state index is -0.742. The number of hydrogen-bond donors (Lipinski definition) is 3. The number of para-hydroxylation sites is 1. The number of fused-ring (bicyclic) bond motifs is 1. The van der Waals surface area contributed by atoms with E-state index in [1.54, 1.807) is 31.2 Å². The molecule has 4 aromatic rings. The summed E-state index contributed by atoms with van der Waals surface area (Å²) in [5.41, 5.74) is 6.72. The van der Waals surface area contributed by atoms with E-state index < -0.39 is 5.91 Å². The second-order valence-electron chi connectivity index (χ2n) is 5.28.